The van der Waals surface area contributed by atoms with E-state index < -0.39 is 12.1 Å². The van der Waals surface area contributed by atoms with E-state index >= 15 is 0 Å². The Morgan fingerprint density at radius 2 is 1.89 bits per heavy atom. The lowest BCUT2D eigenvalue weighted by Gasteiger charge is -2.45. The molecule has 1 saturated carbocycles. The highest BCUT2D eigenvalue weighted by Crippen LogP contribution is 2.36. The Bertz CT molecular complexity index is 293. The van der Waals surface area contributed by atoms with Crippen LogP contribution >= 0.6 is 0 Å². The van der Waals surface area contributed by atoms with Gasteiger partial charge in [0.05, 0.1) is 5.92 Å². The van der Waals surface area contributed by atoms with Crippen molar-refractivity contribution in [2.24, 2.45) is 11.8 Å². The van der Waals surface area contributed by atoms with Gasteiger partial charge in [-0.3, -0.25) is 4.90 Å². The Morgan fingerprint density at radius 3 is 2.53 bits per heavy atom. The van der Waals surface area contributed by atoms with Gasteiger partial charge < -0.3 is 5.32 Å². The molecule has 0 amide bonds. The van der Waals surface area contributed by atoms with Crippen LogP contribution in [0, 0.1) is 11.8 Å². The lowest BCUT2D eigenvalue weighted by molar-refractivity contribution is -0.189. The molecule has 2 rings (SSSR count). The summed E-state index contributed by atoms with van der Waals surface area (Å²) in [6, 6.07) is 0.627. The van der Waals surface area contributed by atoms with E-state index in [0.29, 0.717) is 24.8 Å². The van der Waals surface area contributed by atoms with E-state index in [1.807, 2.05) is 7.05 Å². The van der Waals surface area contributed by atoms with Gasteiger partial charge in [0.2, 0.25) is 0 Å². The predicted molar refractivity (Wildman–Crippen MR) is 70.0 cm³/mol. The molecule has 0 aromatic carbocycles. The van der Waals surface area contributed by atoms with E-state index in [-0.39, 0.29) is 12.6 Å². The van der Waals surface area contributed by atoms with Crippen LogP contribution in [-0.2, 0) is 0 Å². The molecule has 0 aromatic heterocycles. The summed E-state index contributed by atoms with van der Waals surface area (Å²) >= 11 is 0. The zero-order chi connectivity index (χ0) is 14.0. The summed E-state index contributed by atoms with van der Waals surface area (Å²) in [6.45, 7) is 3.23. The molecule has 2 aliphatic rings. The number of alkyl halides is 3. The third-order valence-corrected chi connectivity index (χ3v) is 4.83. The molecule has 4 unspecified atom stereocenters. The summed E-state index contributed by atoms with van der Waals surface area (Å²) in [5.41, 5.74) is 0. The molecule has 2 fully saturated rings. The summed E-state index contributed by atoms with van der Waals surface area (Å²) in [5.74, 6) is -0.503. The number of hydrogen-bond donors (Lipinski definition) is 1. The minimum Gasteiger partial charge on any atom is -0.315 e. The monoisotopic (exact) mass is 278 g/mol. The first-order chi connectivity index (χ1) is 8.91. The van der Waals surface area contributed by atoms with Gasteiger partial charge in [-0.1, -0.05) is 6.92 Å². The van der Waals surface area contributed by atoms with Crippen molar-refractivity contribution in [2.75, 3.05) is 20.1 Å². The molecular formula is C14H25F3N2. The SMILES string of the molecule is CNC1CCC(C)CC1N1CCCC(C(F)(F)F)C1. The van der Waals surface area contributed by atoms with E-state index in [1.54, 1.807) is 0 Å². The summed E-state index contributed by atoms with van der Waals surface area (Å²) in [6.07, 6.45) is 0.218. The van der Waals surface area contributed by atoms with Gasteiger partial charge in [0, 0.05) is 18.6 Å². The number of likely N-dealkylation sites (N-methyl/N-ethyl adjacent to an activating group) is 1. The molecule has 1 heterocycles. The van der Waals surface area contributed by atoms with Crippen molar-refractivity contribution in [1.29, 1.82) is 0 Å². The molecule has 0 bridgehead atoms. The van der Waals surface area contributed by atoms with Crippen LogP contribution in [-0.4, -0.2) is 43.3 Å². The molecule has 1 N–H and O–H groups in total. The fraction of sp³-hybridized carbons (Fsp3) is 1.00. The zero-order valence-electron chi connectivity index (χ0n) is 11.8. The molecule has 1 aliphatic carbocycles. The normalized spacial score (nSPS) is 38.4. The van der Waals surface area contributed by atoms with E-state index in [9.17, 15) is 13.2 Å². The van der Waals surface area contributed by atoms with Crippen LogP contribution in [0.25, 0.3) is 0 Å². The Kier molecular flexibility index (Phi) is 4.77. The van der Waals surface area contributed by atoms with Crippen LogP contribution in [0.3, 0.4) is 0 Å². The molecule has 4 atom stereocenters. The summed E-state index contributed by atoms with van der Waals surface area (Å²) < 4.78 is 38.7. The lowest BCUT2D eigenvalue weighted by Crippen LogP contribution is -2.56. The van der Waals surface area contributed by atoms with Crippen LogP contribution in [0.1, 0.15) is 39.0 Å². The van der Waals surface area contributed by atoms with Gasteiger partial charge in [-0.2, -0.15) is 13.2 Å². The average Bonchev–Trinajstić information content (AvgIpc) is 2.38. The minimum absolute atomic E-state index is 0.194. The average molecular weight is 278 g/mol. The molecule has 19 heavy (non-hydrogen) atoms. The van der Waals surface area contributed by atoms with Gasteiger partial charge >= 0.3 is 6.18 Å². The molecule has 112 valence electrons. The van der Waals surface area contributed by atoms with Crippen LogP contribution in [0.15, 0.2) is 0 Å². The highest BCUT2D eigenvalue weighted by atomic mass is 19.4. The van der Waals surface area contributed by atoms with E-state index in [4.69, 9.17) is 0 Å². The number of nitrogens with one attached hydrogen (secondary N) is 1. The topological polar surface area (TPSA) is 15.3 Å². The van der Waals surface area contributed by atoms with Crippen molar-refractivity contribution in [2.45, 2.75) is 57.3 Å². The summed E-state index contributed by atoms with van der Waals surface area (Å²) in [7, 11) is 1.93. The van der Waals surface area contributed by atoms with Crippen molar-refractivity contribution in [3.05, 3.63) is 0 Å². The van der Waals surface area contributed by atoms with Gasteiger partial charge in [0.1, 0.15) is 0 Å². The van der Waals surface area contributed by atoms with Crippen LogP contribution in [0.4, 0.5) is 13.2 Å². The Hall–Kier alpha value is -0.290. The first-order valence-electron chi connectivity index (χ1n) is 7.40. The lowest BCUT2D eigenvalue weighted by atomic mass is 9.81. The number of piperidine rings is 1. The fourth-order valence-electron chi connectivity index (χ4n) is 3.67. The molecule has 0 spiro atoms. The highest BCUT2D eigenvalue weighted by molar-refractivity contribution is 4.92. The summed E-state index contributed by atoms with van der Waals surface area (Å²) in [4.78, 5) is 2.10. The maximum atomic E-state index is 12.9. The third kappa shape index (κ3) is 3.63. The van der Waals surface area contributed by atoms with Crippen molar-refractivity contribution in [1.82, 2.24) is 10.2 Å². The van der Waals surface area contributed by atoms with Crippen LogP contribution in [0.5, 0.6) is 0 Å². The van der Waals surface area contributed by atoms with E-state index in [1.165, 1.54) is 6.42 Å². The van der Waals surface area contributed by atoms with Gasteiger partial charge in [-0.15, -0.1) is 0 Å². The quantitative estimate of drug-likeness (QED) is 0.835. The molecule has 5 heteroatoms. The van der Waals surface area contributed by atoms with Crippen molar-refractivity contribution < 1.29 is 13.2 Å². The second kappa shape index (κ2) is 6.00. The third-order valence-electron chi connectivity index (χ3n) is 4.83. The number of likely N-dealkylation sites (tertiary alicyclic amines) is 1. The Balaban J connectivity index is 2.02. The number of halogens is 3. The van der Waals surface area contributed by atoms with Crippen molar-refractivity contribution in [3.63, 3.8) is 0 Å². The standard InChI is InChI=1S/C14H25F3N2/c1-10-5-6-12(18-2)13(8-10)19-7-3-4-11(9-19)14(15,16)17/h10-13,18H,3-9H2,1-2H3. The van der Waals surface area contributed by atoms with Gasteiger partial charge in [0.25, 0.3) is 0 Å². The predicted octanol–water partition coefficient (Wildman–Crippen LogP) is 3.04. The van der Waals surface area contributed by atoms with Crippen LogP contribution in [0.2, 0.25) is 0 Å². The first-order valence-corrected chi connectivity index (χ1v) is 7.40. The van der Waals surface area contributed by atoms with Crippen molar-refractivity contribution >= 4 is 0 Å². The fourth-order valence-corrected chi connectivity index (χ4v) is 3.67. The van der Waals surface area contributed by atoms with Gasteiger partial charge in [0.15, 0.2) is 0 Å². The summed E-state index contributed by atoms with van der Waals surface area (Å²) in [5, 5.41) is 3.30. The minimum atomic E-state index is -4.03. The molecule has 2 nitrogen and oxygen atoms in total. The molecule has 1 saturated heterocycles. The number of hydrogen-bond acceptors (Lipinski definition) is 2. The Labute approximate surface area is 113 Å². The zero-order valence-corrected chi connectivity index (χ0v) is 11.8. The molecule has 1 aliphatic heterocycles. The van der Waals surface area contributed by atoms with E-state index in [0.717, 1.165) is 19.4 Å². The van der Waals surface area contributed by atoms with Gasteiger partial charge in [-0.25, -0.2) is 0 Å². The molecular weight excluding hydrogens is 253 g/mol. The number of rotatable bonds is 2. The Morgan fingerprint density at radius 1 is 1.16 bits per heavy atom. The maximum Gasteiger partial charge on any atom is 0.393 e. The second-order valence-electron chi connectivity index (χ2n) is 6.26. The largest absolute Gasteiger partial charge is 0.393 e. The van der Waals surface area contributed by atoms with Crippen LogP contribution < -0.4 is 5.32 Å². The first kappa shape index (κ1) is 15.1. The van der Waals surface area contributed by atoms with Gasteiger partial charge in [-0.05, 0) is 51.6 Å². The van der Waals surface area contributed by atoms with Crippen molar-refractivity contribution in [3.8, 4) is 0 Å². The smallest absolute Gasteiger partial charge is 0.315 e. The maximum absolute atomic E-state index is 12.9. The molecule has 0 radical (unpaired) electrons. The second-order valence-corrected chi connectivity index (χ2v) is 6.26. The number of nitrogens with zero attached hydrogens (tertiary/aromatic N) is 1. The highest BCUT2D eigenvalue weighted by Gasteiger charge is 2.44. The molecule has 0 aromatic rings. The van der Waals surface area contributed by atoms with E-state index in [2.05, 4.69) is 17.1 Å².